The Bertz CT molecular complexity index is 651. The average molecular weight is 361 g/mol. The molecule has 2 N–H and O–H groups in total. The molecule has 2 rings (SSSR count). The van der Waals surface area contributed by atoms with Gasteiger partial charge in [-0.25, -0.2) is 13.1 Å². The highest BCUT2D eigenvalue weighted by Crippen LogP contribution is 2.23. The molecule has 102 valence electrons. The van der Waals surface area contributed by atoms with Crippen LogP contribution in [0.3, 0.4) is 0 Å². The summed E-state index contributed by atoms with van der Waals surface area (Å²) in [7, 11) is -1.96. The fourth-order valence-electron chi connectivity index (χ4n) is 1.51. The van der Waals surface area contributed by atoms with E-state index in [-0.39, 0.29) is 4.90 Å². The van der Waals surface area contributed by atoms with Crippen molar-refractivity contribution in [1.82, 2.24) is 4.72 Å². The molecule has 1 aromatic heterocycles. The van der Waals surface area contributed by atoms with E-state index in [2.05, 4.69) is 26.0 Å². The smallest absolute Gasteiger partial charge is 0.240 e. The molecule has 19 heavy (non-hydrogen) atoms. The molecule has 2 aromatic rings. The normalized spacial score (nSPS) is 11.5. The summed E-state index contributed by atoms with van der Waals surface area (Å²) < 4.78 is 26.5. The van der Waals surface area contributed by atoms with Gasteiger partial charge in [0.05, 0.1) is 8.68 Å². The molecule has 7 heteroatoms. The SMILES string of the molecule is CNS(=O)(=O)c1ccc(NCc2ccc(Br)s2)cc1. The average Bonchev–Trinajstić information content (AvgIpc) is 2.83. The Kier molecular flexibility index (Phi) is 4.62. The highest BCUT2D eigenvalue weighted by Gasteiger charge is 2.10. The van der Waals surface area contributed by atoms with Gasteiger partial charge in [-0.3, -0.25) is 0 Å². The van der Waals surface area contributed by atoms with Crippen molar-refractivity contribution in [3.05, 3.63) is 45.1 Å². The van der Waals surface area contributed by atoms with E-state index in [9.17, 15) is 8.42 Å². The molecule has 0 radical (unpaired) electrons. The van der Waals surface area contributed by atoms with Crippen molar-refractivity contribution in [3.8, 4) is 0 Å². The molecule has 1 heterocycles. The summed E-state index contributed by atoms with van der Waals surface area (Å²) >= 11 is 5.08. The number of halogens is 1. The summed E-state index contributed by atoms with van der Waals surface area (Å²) in [6.07, 6.45) is 0. The van der Waals surface area contributed by atoms with Crippen LogP contribution < -0.4 is 10.0 Å². The van der Waals surface area contributed by atoms with E-state index < -0.39 is 10.0 Å². The monoisotopic (exact) mass is 360 g/mol. The standard InChI is InChI=1S/C12H13BrN2O2S2/c1-14-19(16,17)11-5-2-9(3-6-11)15-8-10-4-7-12(13)18-10/h2-7,14-15H,8H2,1H3. The number of anilines is 1. The Balaban J connectivity index is 2.03. The zero-order valence-corrected chi connectivity index (χ0v) is 13.4. The van der Waals surface area contributed by atoms with Gasteiger partial charge >= 0.3 is 0 Å². The van der Waals surface area contributed by atoms with Crippen molar-refractivity contribution in [2.75, 3.05) is 12.4 Å². The zero-order valence-electron chi connectivity index (χ0n) is 10.2. The molecule has 0 aliphatic carbocycles. The first kappa shape index (κ1) is 14.5. The molecule has 0 amide bonds. The van der Waals surface area contributed by atoms with E-state index in [1.807, 2.05) is 12.1 Å². The van der Waals surface area contributed by atoms with Crippen LogP contribution in [0.4, 0.5) is 5.69 Å². The van der Waals surface area contributed by atoms with Crippen molar-refractivity contribution in [3.63, 3.8) is 0 Å². The van der Waals surface area contributed by atoms with Crippen LogP contribution in [0.15, 0.2) is 45.1 Å². The van der Waals surface area contributed by atoms with Crippen LogP contribution in [-0.2, 0) is 16.6 Å². The maximum absolute atomic E-state index is 11.6. The molecule has 0 aliphatic rings. The number of rotatable bonds is 5. The van der Waals surface area contributed by atoms with Gasteiger partial charge in [-0.15, -0.1) is 11.3 Å². The number of thiophene rings is 1. The molecular weight excluding hydrogens is 348 g/mol. The van der Waals surface area contributed by atoms with Gasteiger partial charge in [0.25, 0.3) is 0 Å². The largest absolute Gasteiger partial charge is 0.380 e. The number of nitrogens with one attached hydrogen (secondary N) is 2. The third-order valence-corrected chi connectivity index (χ3v) is 5.58. The van der Waals surface area contributed by atoms with Crippen LogP contribution in [0.5, 0.6) is 0 Å². The van der Waals surface area contributed by atoms with Crippen molar-refractivity contribution < 1.29 is 8.42 Å². The summed E-state index contributed by atoms with van der Waals surface area (Å²) in [5, 5.41) is 3.25. The van der Waals surface area contributed by atoms with Gasteiger partial charge in [-0.05, 0) is 59.4 Å². The number of benzene rings is 1. The maximum atomic E-state index is 11.6. The topological polar surface area (TPSA) is 58.2 Å². The van der Waals surface area contributed by atoms with Crippen LogP contribution in [0.2, 0.25) is 0 Å². The van der Waals surface area contributed by atoms with Gasteiger partial charge in [0.2, 0.25) is 10.0 Å². The lowest BCUT2D eigenvalue weighted by Crippen LogP contribution is -2.18. The molecule has 0 saturated heterocycles. The maximum Gasteiger partial charge on any atom is 0.240 e. The van der Waals surface area contributed by atoms with Crippen LogP contribution in [0, 0.1) is 0 Å². The molecule has 0 fully saturated rings. The van der Waals surface area contributed by atoms with Crippen molar-refractivity contribution in [2.24, 2.45) is 0 Å². The summed E-state index contributed by atoms with van der Waals surface area (Å²) in [6.45, 7) is 0.717. The third kappa shape index (κ3) is 3.79. The second-order valence-corrected chi connectivity index (χ2v) is 8.23. The Labute approximate surface area is 125 Å². The van der Waals surface area contributed by atoms with E-state index >= 15 is 0 Å². The molecule has 0 spiro atoms. The first-order valence-corrected chi connectivity index (χ1v) is 8.62. The Hall–Kier alpha value is -0.890. The first-order valence-electron chi connectivity index (χ1n) is 5.53. The van der Waals surface area contributed by atoms with E-state index in [0.717, 1.165) is 9.47 Å². The van der Waals surface area contributed by atoms with Crippen LogP contribution in [-0.4, -0.2) is 15.5 Å². The third-order valence-electron chi connectivity index (χ3n) is 2.53. The molecule has 0 atom stereocenters. The Morgan fingerprint density at radius 3 is 2.37 bits per heavy atom. The lowest BCUT2D eigenvalue weighted by Gasteiger charge is -2.06. The number of sulfonamides is 1. The van der Waals surface area contributed by atoms with E-state index in [1.165, 1.54) is 11.9 Å². The minimum Gasteiger partial charge on any atom is -0.380 e. The predicted octanol–water partition coefficient (Wildman–Crippen LogP) is 3.03. The van der Waals surface area contributed by atoms with Gasteiger partial charge in [-0.1, -0.05) is 0 Å². The van der Waals surface area contributed by atoms with Gasteiger partial charge < -0.3 is 5.32 Å². The summed E-state index contributed by atoms with van der Waals surface area (Å²) in [4.78, 5) is 1.47. The minimum atomic E-state index is -3.36. The summed E-state index contributed by atoms with van der Waals surface area (Å²) in [5.74, 6) is 0. The predicted molar refractivity (Wildman–Crippen MR) is 82.0 cm³/mol. The summed E-state index contributed by atoms with van der Waals surface area (Å²) in [6, 6.07) is 10.7. The molecule has 0 unspecified atom stereocenters. The molecule has 0 aliphatic heterocycles. The molecule has 1 aromatic carbocycles. The highest BCUT2D eigenvalue weighted by atomic mass is 79.9. The molecular formula is C12H13BrN2O2S2. The Morgan fingerprint density at radius 1 is 1.16 bits per heavy atom. The van der Waals surface area contributed by atoms with Crippen LogP contribution in [0.25, 0.3) is 0 Å². The van der Waals surface area contributed by atoms with Crippen LogP contribution >= 0.6 is 27.3 Å². The Morgan fingerprint density at radius 2 is 1.84 bits per heavy atom. The van der Waals surface area contributed by atoms with Crippen molar-refractivity contribution in [2.45, 2.75) is 11.4 Å². The highest BCUT2D eigenvalue weighted by molar-refractivity contribution is 9.11. The van der Waals surface area contributed by atoms with Gasteiger partial charge in [0.15, 0.2) is 0 Å². The number of hydrogen-bond acceptors (Lipinski definition) is 4. The minimum absolute atomic E-state index is 0.263. The molecule has 0 bridgehead atoms. The zero-order chi connectivity index (χ0) is 13.9. The molecule has 4 nitrogen and oxygen atoms in total. The molecule has 0 saturated carbocycles. The lowest BCUT2D eigenvalue weighted by atomic mass is 10.3. The lowest BCUT2D eigenvalue weighted by molar-refractivity contribution is 0.588. The second-order valence-electron chi connectivity index (χ2n) is 3.79. The van der Waals surface area contributed by atoms with E-state index in [4.69, 9.17) is 0 Å². The van der Waals surface area contributed by atoms with Gasteiger partial charge in [-0.2, -0.15) is 0 Å². The quantitative estimate of drug-likeness (QED) is 0.861. The first-order chi connectivity index (χ1) is 9.01. The summed E-state index contributed by atoms with van der Waals surface area (Å²) in [5.41, 5.74) is 0.888. The number of hydrogen-bond donors (Lipinski definition) is 2. The van der Waals surface area contributed by atoms with E-state index in [1.54, 1.807) is 35.6 Å². The van der Waals surface area contributed by atoms with Crippen LogP contribution in [0.1, 0.15) is 4.88 Å². The van der Waals surface area contributed by atoms with Crippen molar-refractivity contribution in [1.29, 1.82) is 0 Å². The second kappa shape index (κ2) is 6.04. The van der Waals surface area contributed by atoms with E-state index in [0.29, 0.717) is 6.54 Å². The fourth-order valence-corrected chi connectivity index (χ4v) is 3.66. The van der Waals surface area contributed by atoms with Crippen molar-refractivity contribution >= 4 is 43.0 Å². The van der Waals surface area contributed by atoms with Gasteiger partial charge in [0.1, 0.15) is 0 Å². The fraction of sp³-hybridized carbons (Fsp3) is 0.167. The van der Waals surface area contributed by atoms with Gasteiger partial charge in [0, 0.05) is 17.1 Å².